The van der Waals surface area contributed by atoms with E-state index >= 15 is 0 Å². The summed E-state index contributed by atoms with van der Waals surface area (Å²) >= 11 is 0. The summed E-state index contributed by atoms with van der Waals surface area (Å²) in [6.07, 6.45) is 24.6. The number of esters is 1. The number of hydrogen-bond donors (Lipinski definition) is 1. The lowest BCUT2D eigenvalue weighted by atomic mass is 10.0. The van der Waals surface area contributed by atoms with Crippen LogP contribution in [-0.2, 0) is 9.53 Å². The molecule has 0 saturated heterocycles. The van der Waals surface area contributed by atoms with Crippen LogP contribution < -0.4 is 0 Å². The fraction of sp³-hybridized carbons (Fsp3) is 0.667. The summed E-state index contributed by atoms with van der Waals surface area (Å²) in [5.41, 5.74) is 0.868. The molecular weight excluding hydrogens is 372 g/mol. The van der Waals surface area contributed by atoms with Crippen LogP contribution in [0.1, 0.15) is 115 Å². The van der Waals surface area contributed by atoms with Crippen molar-refractivity contribution in [3.05, 3.63) is 35.9 Å². The predicted molar refractivity (Wildman–Crippen MR) is 128 cm³/mol. The van der Waals surface area contributed by atoms with Crippen LogP contribution in [0.25, 0.3) is 6.08 Å². The number of carbonyl (C=O) groups excluding carboxylic acids is 1. The van der Waals surface area contributed by atoms with E-state index in [0.29, 0.717) is 6.61 Å². The molecule has 0 saturated carbocycles. The number of aromatic hydroxyl groups is 1. The van der Waals surface area contributed by atoms with Crippen molar-refractivity contribution >= 4 is 12.0 Å². The van der Waals surface area contributed by atoms with E-state index in [0.717, 1.165) is 18.4 Å². The van der Waals surface area contributed by atoms with Gasteiger partial charge in [-0.05, 0) is 30.2 Å². The molecule has 0 atom stereocenters. The van der Waals surface area contributed by atoms with Gasteiger partial charge >= 0.3 is 5.97 Å². The lowest BCUT2D eigenvalue weighted by Gasteiger charge is -2.04. The summed E-state index contributed by atoms with van der Waals surface area (Å²) in [5.74, 6) is -0.0812. The summed E-state index contributed by atoms with van der Waals surface area (Å²) in [5, 5.41) is 9.23. The maximum atomic E-state index is 11.7. The van der Waals surface area contributed by atoms with E-state index in [9.17, 15) is 9.90 Å². The average molecular weight is 417 g/mol. The van der Waals surface area contributed by atoms with Crippen LogP contribution in [-0.4, -0.2) is 17.7 Å². The second kappa shape index (κ2) is 19.2. The Kier molecular flexibility index (Phi) is 16.8. The third-order valence-electron chi connectivity index (χ3n) is 5.55. The minimum atomic E-state index is -0.302. The first kappa shape index (κ1) is 26.3. The smallest absolute Gasteiger partial charge is 0.330 e. The summed E-state index contributed by atoms with van der Waals surface area (Å²) in [6, 6.07) is 6.71. The van der Waals surface area contributed by atoms with Gasteiger partial charge in [-0.1, -0.05) is 115 Å². The normalized spacial score (nSPS) is 11.2. The number of unbranched alkanes of at least 4 members (excludes halogenated alkanes) is 15. The Morgan fingerprint density at radius 1 is 0.733 bits per heavy atom. The van der Waals surface area contributed by atoms with Crippen molar-refractivity contribution in [2.24, 2.45) is 0 Å². The molecule has 30 heavy (non-hydrogen) atoms. The topological polar surface area (TPSA) is 46.5 Å². The van der Waals surface area contributed by atoms with Crippen molar-refractivity contribution in [2.75, 3.05) is 6.61 Å². The molecular formula is C27H44O3. The maximum absolute atomic E-state index is 11.7. The monoisotopic (exact) mass is 416 g/mol. The second-order valence-electron chi connectivity index (χ2n) is 8.40. The first-order valence-electron chi connectivity index (χ1n) is 12.4. The number of benzene rings is 1. The molecule has 1 aromatic rings. The van der Waals surface area contributed by atoms with Gasteiger partial charge in [-0.2, -0.15) is 0 Å². The molecule has 0 unspecified atom stereocenters. The van der Waals surface area contributed by atoms with Gasteiger partial charge in [0, 0.05) is 6.08 Å². The molecule has 0 aliphatic rings. The Bertz CT molecular complexity index is 548. The number of ether oxygens (including phenoxy) is 1. The lowest BCUT2D eigenvalue weighted by Crippen LogP contribution is -2.02. The molecule has 0 aliphatic heterocycles. The van der Waals surface area contributed by atoms with Crippen LogP contribution in [0, 0.1) is 0 Å². The highest BCUT2D eigenvalue weighted by Crippen LogP contribution is 2.14. The van der Waals surface area contributed by atoms with Gasteiger partial charge in [0.25, 0.3) is 0 Å². The quantitative estimate of drug-likeness (QED) is 0.140. The molecule has 0 aromatic heterocycles. The van der Waals surface area contributed by atoms with Crippen LogP contribution in [0.4, 0.5) is 0 Å². The molecule has 0 spiro atoms. The highest BCUT2D eigenvalue weighted by atomic mass is 16.5. The van der Waals surface area contributed by atoms with Gasteiger partial charge in [0.1, 0.15) is 5.75 Å². The van der Waals surface area contributed by atoms with Crippen molar-refractivity contribution in [3.8, 4) is 5.75 Å². The Hall–Kier alpha value is -1.77. The molecule has 0 aliphatic carbocycles. The lowest BCUT2D eigenvalue weighted by molar-refractivity contribution is -0.137. The number of rotatable bonds is 19. The zero-order chi connectivity index (χ0) is 21.7. The highest BCUT2D eigenvalue weighted by molar-refractivity contribution is 5.87. The van der Waals surface area contributed by atoms with E-state index in [4.69, 9.17) is 4.74 Å². The van der Waals surface area contributed by atoms with E-state index < -0.39 is 0 Å². The van der Waals surface area contributed by atoms with Gasteiger partial charge in [0.15, 0.2) is 0 Å². The van der Waals surface area contributed by atoms with E-state index in [1.54, 1.807) is 30.3 Å². The molecule has 0 radical (unpaired) electrons. The van der Waals surface area contributed by atoms with E-state index in [1.165, 1.54) is 96.0 Å². The second-order valence-corrected chi connectivity index (χ2v) is 8.40. The van der Waals surface area contributed by atoms with Crippen LogP contribution in [0.3, 0.4) is 0 Å². The van der Waals surface area contributed by atoms with Crippen LogP contribution in [0.2, 0.25) is 0 Å². The molecule has 170 valence electrons. The van der Waals surface area contributed by atoms with Gasteiger partial charge < -0.3 is 9.84 Å². The van der Waals surface area contributed by atoms with Gasteiger partial charge in [0.2, 0.25) is 0 Å². The fourth-order valence-electron chi connectivity index (χ4n) is 3.62. The van der Waals surface area contributed by atoms with Gasteiger partial charge in [-0.15, -0.1) is 0 Å². The summed E-state index contributed by atoms with van der Waals surface area (Å²) in [7, 11) is 0. The van der Waals surface area contributed by atoms with E-state index in [2.05, 4.69) is 6.92 Å². The maximum Gasteiger partial charge on any atom is 0.330 e. The van der Waals surface area contributed by atoms with Crippen LogP contribution >= 0.6 is 0 Å². The highest BCUT2D eigenvalue weighted by Gasteiger charge is 1.98. The third-order valence-corrected chi connectivity index (χ3v) is 5.55. The minimum Gasteiger partial charge on any atom is -0.508 e. The Labute approximate surface area is 184 Å². The van der Waals surface area contributed by atoms with Crippen LogP contribution in [0.15, 0.2) is 30.3 Å². The van der Waals surface area contributed by atoms with Gasteiger partial charge in [0.05, 0.1) is 6.61 Å². The van der Waals surface area contributed by atoms with Crippen molar-refractivity contribution in [1.82, 2.24) is 0 Å². The Morgan fingerprint density at radius 2 is 1.17 bits per heavy atom. The van der Waals surface area contributed by atoms with Crippen molar-refractivity contribution in [3.63, 3.8) is 0 Å². The molecule has 3 heteroatoms. The summed E-state index contributed by atoms with van der Waals surface area (Å²) < 4.78 is 5.23. The average Bonchev–Trinajstić information content (AvgIpc) is 2.75. The standard InChI is InChI=1S/C27H44O3/c1-2-3-4-5-6-7-8-9-10-11-12-13-14-15-16-17-24-30-27(29)23-20-25-18-21-26(28)22-19-25/h18-23,28H,2-17,24H2,1H3/b23-20+. The Balaban J connectivity index is 1.81. The molecule has 0 amide bonds. The number of carbonyl (C=O) groups is 1. The Morgan fingerprint density at radius 3 is 1.63 bits per heavy atom. The van der Waals surface area contributed by atoms with Crippen molar-refractivity contribution in [1.29, 1.82) is 0 Å². The van der Waals surface area contributed by atoms with E-state index in [1.807, 2.05) is 0 Å². The molecule has 0 fully saturated rings. The number of phenolic OH excluding ortho intramolecular Hbond substituents is 1. The molecule has 1 rings (SSSR count). The summed E-state index contributed by atoms with van der Waals surface area (Å²) in [4.78, 5) is 11.7. The first-order valence-corrected chi connectivity index (χ1v) is 12.4. The van der Waals surface area contributed by atoms with Crippen molar-refractivity contribution in [2.45, 2.75) is 110 Å². The third kappa shape index (κ3) is 16.1. The summed E-state index contributed by atoms with van der Waals surface area (Å²) in [6.45, 7) is 2.77. The number of phenols is 1. The first-order chi connectivity index (χ1) is 14.7. The molecule has 1 aromatic carbocycles. The minimum absolute atomic E-state index is 0.221. The van der Waals surface area contributed by atoms with Crippen LogP contribution in [0.5, 0.6) is 5.75 Å². The molecule has 0 heterocycles. The predicted octanol–water partition coefficient (Wildman–Crippen LogP) is 8.21. The fourth-order valence-corrected chi connectivity index (χ4v) is 3.62. The largest absolute Gasteiger partial charge is 0.508 e. The zero-order valence-electron chi connectivity index (χ0n) is 19.2. The molecule has 3 nitrogen and oxygen atoms in total. The zero-order valence-corrected chi connectivity index (χ0v) is 19.2. The van der Waals surface area contributed by atoms with Crippen molar-refractivity contribution < 1.29 is 14.6 Å². The number of hydrogen-bond acceptors (Lipinski definition) is 3. The molecule has 1 N–H and O–H groups in total. The van der Waals surface area contributed by atoms with Gasteiger partial charge in [-0.25, -0.2) is 4.79 Å². The molecule has 0 bridgehead atoms. The van der Waals surface area contributed by atoms with E-state index in [-0.39, 0.29) is 11.7 Å². The SMILES string of the molecule is CCCCCCCCCCCCCCCCCCOC(=O)/C=C/c1ccc(O)cc1. The van der Waals surface area contributed by atoms with Gasteiger partial charge in [-0.3, -0.25) is 0 Å².